The Morgan fingerprint density at radius 3 is 2.50 bits per heavy atom. The van der Waals surface area contributed by atoms with Crippen LogP contribution in [0.4, 0.5) is 5.69 Å². The summed E-state index contributed by atoms with van der Waals surface area (Å²) in [6.07, 6.45) is 2.90. The third-order valence-electron chi connectivity index (χ3n) is 3.69. The average Bonchev–Trinajstić information content (AvgIpc) is 2.45. The molecule has 0 bridgehead atoms. The molecule has 0 amide bonds. The first kappa shape index (κ1) is 17.7. The summed E-state index contributed by atoms with van der Waals surface area (Å²) in [5.74, 6) is -0.197. The van der Waals surface area contributed by atoms with Gasteiger partial charge < -0.3 is 9.84 Å². The van der Waals surface area contributed by atoms with Crippen LogP contribution in [0.2, 0.25) is 0 Å². The number of nitro groups is 1. The highest BCUT2D eigenvalue weighted by molar-refractivity contribution is 5.67. The number of allylic oxidation sites excluding steroid dienone is 2. The normalized spacial score (nSPS) is 11.4. The molecule has 0 radical (unpaired) electrons. The lowest BCUT2D eigenvalue weighted by Crippen LogP contribution is -2.01. The molecule has 0 fully saturated rings. The molecule has 22 heavy (non-hydrogen) atoms. The summed E-state index contributed by atoms with van der Waals surface area (Å²) in [5, 5.41) is 19.8. The third-order valence-corrected chi connectivity index (χ3v) is 3.69. The highest BCUT2D eigenvalue weighted by Crippen LogP contribution is 2.33. The van der Waals surface area contributed by atoms with Gasteiger partial charge in [0.15, 0.2) is 0 Å². The summed E-state index contributed by atoms with van der Waals surface area (Å²) in [7, 11) is 1.54. The summed E-state index contributed by atoms with van der Waals surface area (Å²) < 4.78 is 5.38. The van der Waals surface area contributed by atoms with Gasteiger partial charge in [-0.1, -0.05) is 11.6 Å². The predicted molar refractivity (Wildman–Crippen MR) is 83.5 cm³/mol. The predicted octanol–water partition coefficient (Wildman–Crippen LogP) is 3.57. The van der Waals surface area contributed by atoms with Gasteiger partial charge in [-0.15, -0.1) is 0 Å². The molecule has 1 N–H and O–H groups in total. The van der Waals surface area contributed by atoms with Crippen molar-refractivity contribution in [3.8, 4) is 5.75 Å². The van der Waals surface area contributed by atoms with E-state index in [1.54, 1.807) is 13.8 Å². The second-order valence-electron chi connectivity index (χ2n) is 5.24. The summed E-state index contributed by atoms with van der Waals surface area (Å²) in [6.45, 7) is 5.35. The van der Waals surface area contributed by atoms with E-state index < -0.39 is 10.9 Å². The molecule has 0 aromatic heterocycles. The number of aliphatic carboxylic acids is 1. The van der Waals surface area contributed by atoms with E-state index in [1.165, 1.54) is 13.2 Å². The van der Waals surface area contributed by atoms with Gasteiger partial charge in [-0.05, 0) is 33.6 Å². The van der Waals surface area contributed by atoms with E-state index in [4.69, 9.17) is 9.84 Å². The van der Waals surface area contributed by atoms with Crippen LogP contribution in [-0.2, 0) is 11.2 Å². The number of ether oxygens (including phenoxy) is 1. The minimum absolute atomic E-state index is 0.0740. The van der Waals surface area contributed by atoms with Crippen LogP contribution in [0.25, 0.3) is 0 Å². The Morgan fingerprint density at radius 1 is 1.36 bits per heavy atom. The van der Waals surface area contributed by atoms with Crippen molar-refractivity contribution in [2.24, 2.45) is 0 Å². The van der Waals surface area contributed by atoms with E-state index in [9.17, 15) is 14.9 Å². The Hall–Kier alpha value is -2.37. The van der Waals surface area contributed by atoms with E-state index in [0.717, 1.165) is 16.7 Å². The van der Waals surface area contributed by atoms with Gasteiger partial charge in [-0.2, -0.15) is 0 Å². The van der Waals surface area contributed by atoms with Gasteiger partial charge in [0.2, 0.25) is 0 Å². The number of carboxylic acids is 1. The van der Waals surface area contributed by atoms with Crippen molar-refractivity contribution in [1.82, 2.24) is 0 Å². The zero-order chi connectivity index (χ0) is 16.9. The smallest absolute Gasteiger partial charge is 0.303 e. The molecule has 0 aliphatic carbocycles. The van der Waals surface area contributed by atoms with E-state index in [-0.39, 0.29) is 12.1 Å². The molecule has 1 rings (SSSR count). The van der Waals surface area contributed by atoms with Gasteiger partial charge in [0, 0.05) is 29.2 Å². The fourth-order valence-corrected chi connectivity index (χ4v) is 2.26. The van der Waals surface area contributed by atoms with Crippen molar-refractivity contribution >= 4 is 11.7 Å². The zero-order valence-electron chi connectivity index (χ0n) is 13.3. The number of benzene rings is 1. The Morgan fingerprint density at radius 2 is 2.00 bits per heavy atom. The number of carboxylic acid groups (broad SMARTS) is 1. The third kappa shape index (κ3) is 4.31. The molecule has 1 aromatic carbocycles. The van der Waals surface area contributed by atoms with Crippen molar-refractivity contribution in [1.29, 1.82) is 0 Å². The number of rotatable bonds is 7. The largest absolute Gasteiger partial charge is 0.496 e. The molecule has 0 saturated heterocycles. The Kier molecular flexibility index (Phi) is 6.10. The van der Waals surface area contributed by atoms with Crippen molar-refractivity contribution in [3.05, 3.63) is 44.5 Å². The van der Waals surface area contributed by atoms with E-state index in [1.807, 2.05) is 13.0 Å². The van der Waals surface area contributed by atoms with Gasteiger partial charge >= 0.3 is 5.97 Å². The minimum Gasteiger partial charge on any atom is -0.496 e. The van der Waals surface area contributed by atoms with Gasteiger partial charge in [-0.3, -0.25) is 14.9 Å². The lowest BCUT2D eigenvalue weighted by Gasteiger charge is -2.13. The summed E-state index contributed by atoms with van der Waals surface area (Å²) in [5.41, 5.74) is 3.09. The molecule has 6 nitrogen and oxygen atoms in total. The molecular formula is C16H21NO5. The van der Waals surface area contributed by atoms with Crippen molar-refractivity contribution < 1.29 is 19.6 Å². The fraction of sp³-hybridized carbons (Fsp3) is 0.438. The summed E-state index contributed by atoms with van der Waals surface area (Å²) in [6, 6.07) is 1.53. The number of methoxy groups -OCH3 is 1. The van der Waals surface area contributed by atoms with E-state index >= 15 is 0 Å². The molecule has 0 unspecified atom stereocenters. The van der Waals surface area contributed by atoms with Gasteiger partial charge in [0.1, 0.15) is 5.75 Å². The highest BCUT2D eigenvalue weighted by Gasteiger charge is 2.19. The molecule has 120 valence electrons. The maximum Gasteiger partial charge on any atom is 0.303 e. The van der Waals surface area contributed by atoms with Crippen LogP contribution in [-0.4, -0.2) is 23.1 Å². The molecule has 0 spiro atoms. The molecule has 6 heteroatoms. The second kappa shape index (κ2) is 7.59. The van der Waals surface area contributed by atoms with Crippen LogP contribution in [0, 0.1) is 24.0 Å². The summed E-state index contributed by atoms with van der Waals surface area (Å²) in [4.78, 5) is 21.3. The van der Waals surface area contributed by atoms with Crippen molar-refractivity contribution in [2.45, 2.75) is 40.0 Å². The van der Waals surface area contributed by atoms with E-state index in [0.29, 0.717) is 24.2 Å². The quantitative estimate of drug-likeness (QED) is 0.472. The van der Waals surface area contributed by atoms with Gasteiger partial charge in [0.25, 0.3) is 5.69 Å². The van der Waals surface area contributed by atoms with E-state index in [2.05, 4.69) is 0 Å². The Bertz CT molecular complexity index is 619. The lowest BCUT2D eigenvalue weighted by molar-refractivity contribution is -0.385. The minimum atomic E-state index is -0.841. The SMILES string of the molecule is COc1c(C/C=C(\C)CCC(=O)O)cc([N+](=O)[O-])c(C)c1C. The number of hydrogen-bond acceptors (Lipinski definition) is 4. The molecular weight excluding hydrogens is 286 g/mol. The monoisotopic (exact) mass is 307 g/mol. The van der Waals surface area contributed by atoms with Crippen LogP contribution in [0.1, 0.15) is 36.5 Å². The van der Waals surface area contributed by atoms with Gasteiger partial charge in [-0.25, -0.2) is 0 Å². The number of nitro benzene ring substituents is 1. The Labute approximate surface area is 129 Å². The molecule has 1 aromatic rings. The van der Waals surface area contributed by atoms with Crippen LogP contribution >= 0.6 is 0 Å². The first-order valence-electron chi connectivity index (χ1n) is 6.96. The van der Waals surface area contributed by atoms with Crippen LogP contribution in [0.3, 0.4) is 0 Å². The molecule has 0 aliphatic rings. The van der Waals surface area contributed by atoms with Crippen LogP contribution < -0.4 is 4.74 Å². The maximum absolute atomic E-state index is 11.1. The topological polar surface area (TPSA) is 89.7 Å². The first-order chi connectivity index (χ1) is 10.3. The second-order valence-corrected chi connectivity index (χ2v) is 5.24. The number of carbonyl (C=O) groups is 1. The fourth-order valence-electron chi connectivity index (χ4n) is 2.26. The standard InChI is InChI=1S/C16H21NO5/c1-10(6-8-15(18)19)5-7-13-9-14(17(20)21)11(2)12(3)16(13)22-4/h5,9H,6-8H2,1-4H3,(H,18,19)/b10-5+. The Balaban J connectivity index is 3.10. The van der Waals surface area contributed by atoms with Gasteiger partial charge in [0.05, 0.1) is 12.0 Å². The maximum atomic E-state index is 11.1. The number of hydrogen-bond donors (Lipinski definition) is 1. The van der Waals surface area contributed by atoms with Crippen molar-refractivity contribution in [2.75, 3.05) is 7.11 Å². The summed E-state index contributed by atoms with van der Waals surface area (Å²) >= 11 is 0. The average molecular weight is 307 g/mol. The first-order valence-corrected chi connectivity index (χ1v) is 6.96. The van der Waals surface area contributed by atoms with Crippen LogP contribution in [0.5, 0.6) is 5.75 Å². The number of nitrogens with zero attached hydrogens (tertiary/aromatic N) is 1. The molecule has 0 atom stereocenters. The van der Waals surface area contributed by atoms with Crippen molar-refractivity contribution in [3.63, 3.8) is 0 Å². The highest BCUT2D eigenvalue weighted by atomic mass is 16.6. The lowest BCUT2D eigenvalue weighted by atomic mass is 9.99. The van der Waals surface area contributed by atoms with Crippen LogP contribution in [0.15, 0.2) is 17.7 Å². The molecule has 0 saturated carbocycles. The molecule has 0 aliphatic heterocycles. The zero-order valence-corrected chi connectivity index (χ0v) is 13.3. The molecule has 0 heterocycles.